The third kappa shape index (κ3) is 2.81. The van der Waals surface area contributed by atoms with Crippen molar-refractivity contribution in [2.45, 2.75) is 12.5 Å². The van der Waals surface area contributed by atoms with Gasteiger partial charge < -0.3 is 15.2 Å². The maximum Gasteiger partial charge on any atom is 0.335 e. The summed E-state index contributed by atoms with van der Waals surface area (Å²) in [5, 5.41) is 12.1. The summed E-state index contributed by atoms with van der Waals surface area (Å²) in [5.74, 6) is -0.885. The molecule has 4 heteroatoms. The summed E-state index contributed by atoms with van der Waals surface area (Å²) in [7, 11) is 0. The lowest BCUT2D eigenvalue weighted by atomic mass is 10.0. The minimum Gasteiger partial charge on any atom is -0.478 e. The maximum absolute atomic E-state index is 10.8. The van der Waals surface area contributed by atoms with E-state index in [-0.39, 0.29) is 6.10 Å². The zero-order valence-corrected chi connectivity index (χ0v) is 8.98. The lowest BCUT2D eigenvalue weighted by molar-refractivity contribution is 0.0292. The molecule has 16 heavy (non-hydrogen) atoms. The predicted octanol–water partition coefficient (Wildman–Crippen LogP) is 0.916. The lowest BCUT2D eigenvalue weighted by Crippen LogP contribution is -2.39. The van der Waals surface area contributed by atoms with Crippen LogP contribution < -0.4 is 5.32 Å². The summed E-state index contributed by atoms with van der Waals surface area (Å²) in [5.41, 5.74) is 1.34. The average Bonchev–Trinajstić information content (AvgIpc) is 2.30. The van der Waals surface area contributed by atoms with Crippen LogP contribution in [0.25, 0.3) is 0 Å². The summed E-state index contributed by atoms with van der Waals surface area (Å²) in [6.45, 7) is 2.45. The molecule has 1 atom stereocenters. The van der Waals surface area contributed by atoms with Gasteiger partial charge in [0.2, 0.25) is 0 Å². The molecule has 0 amide bonds. The molecule has 1 aliphatic heterocycles. The van der Waals surface area contributed by atoms with E-state index in [4.69, 9.17) is 9.84 Å². The van der Waals surface area contributed by atoms with Gasteiger partial charge in [0, 0.05) is 13.1 Å². The van der Waals surface area contributed by atoms with Crippen molar-refractivity contribution >= 4 is 5.97 Å². The molecule has 0 aliphatic carbocycles. The van der Waals surface area contributed by atoms with Crippen molar-refractivity contribution in [3.8, 4) is 0 Å². The summed E-state index contributed by atoms with van der Waals surface area (Å²) in [6.07, 6.45) is 0.909. The molecule has 1 aliphatic rings. The highest BCUT2D eigenvalue weighted by molar-refractivity contribution is 5.87. The zero-order chi connectivity index (χ0) is 11.4. The largest absolute Gasteiger partial charge is 0.478 e. The first kappa shape index (κ1) is 11.1. The summed E-state index contributed by atoms with van der Waals surface area (Å²) < 4.78 is 5.57. The van der Waals surface area contributed by atoms with Gasteiger partial charge in [0.25, 0.3) is 0 Å². The van der Waals surface area contributed by atoms with Crippen LogP contribution in [0.1, 0.15) is 15.9 Å². The number of ether oxygens (including phenoxy) is 1. The van der Waals surface area contributed by atoms with Crippen LogP contribution in [-0.4, -0.2) is 36.9 Å². The van der Waals surface area contributed by atoms with Gasteiger partial charge in [-0.15, -0.1) is 0 Å². The average molecular weight is 221 g/mol. The van der Waals surface area contributed by atoms with Gasteiger partial charge >= 0.3 is 5.97 Å². The Morgan fingerprint density at radius 1 is 1.56 bits per heavy atom. The van der Waals surface area contributed by atoms with Gasteiger partial charge in [-0.3, -0.25) is 0 Å². The Labute approximate surface area is 94.2 Å². The maximum atomic E-state index is 10.8. The number of carboxylic acid groups (broad SMARTS) is 1. The number of morpholine rings is 1. The molecule has 1 heterocycles. The topological polar surface area (TPSA) is 58.6 Å². The molecule has 86 valence electrons. The molecule has 2 N–H and O–H groups in total. The molecule has 1 fully saturated rings. The Balaban J connectivity index is 2.02. The van der Waals surface area contributed by atoms with Gasteiger partial charge in [-0.2, -0.15) is 0 Å². The second-order valence-electron chi connectivity index (χ2n) is 3.91. The monoisotopic (exact) mass is 221 g/mol. The van der Waals surface area contributed by atoms with Crippen LogP contribution in [0.4, 0.5) is 0 Å². The first-order valence-corrected chi connectivity index (χ1v) is 5.40. The molecule has 0 saturated carbocycles. The normalized spacial score (nSPS) is 20.6. The van der Waals surface area contributed by atoms with Crippen molar-refractivity contribution in [1.29, 1.82) is 0 Å². The minimum absolute atomic E-state index is 0.151. The van der Waals surface area contributed by atoms with Gasteiger partial charge in [-0.05, 0) is 24.1 Å². The summed E-state index contributed by atoms with van der Waals surface area (Å²) in [4.78, 5) is 10.8. The number of aromatic carboxylic acids is 1. The molecule has 4 nitrogen and oxygen atoms in total. The Hall–Kier alpha value is -1.39. The van der Waals surface area contributed by atoms with E-state index in [2.05, 4.69) is 5.32 Å². The standard InChI is InChI=1S/C12H15NO3/c14-12(15)10-3-1-2-9(6-10)7-11-8-13-4-5-16-11/h1-3,6,11,13H,4-5,7-8H2,(H,14,15). The number of hydrogen-bond acceptors (Lipinski definition) is 3. The smallest absolute Gasteiger partial charge is 0.335 e. The summed E-state index contributed by atoms with van der Waals surface area (Å²) >= 11 is 0. The van der Waals surface area contributed by atoms with E-state index < -0.39 is 5.97 Å². The second-order valence-corrected chi connectivity index (χ2v) is 3.91. The number of carbonyl (C=O) groups is 1. The lowest BCUT2D eigenvalue weighted by Gasteiger charge is -2.23. The van der Waals surface area contributed by atoms with E-state index >= 15 is 0 Å². The molecule has 1 aromatic rings. The van der Waals surface area contributed by atoms with Crippen LogP contribution in [-0.2, 0) is 11.2 Å². The second kappa shape index (κ2) is 5.09. The third-order valence-corrected chi connectivity index (χ3v) is 2.64. The van der Waals surface area contributed by atoms with Crippen molar-refractivity contribution < 1.29 is 14.6 Å². The van der Waals surface area contributed by atoms with Crippen LogP contribution in [0, 0.1) is 0 Å². The molecule has 0 radical (unpaired) electrons. The highest BCUT2D eigenvalue weighted by Gasteiger charge is 2.14. The van der Waals surface area contributed by atoms with Gasteiger partial charge in [0.1, 0.15) is 0 Å². The minimum atomic E-state index is -0.885. The van der Waals surface area contributed by atoms with Gasteiger partial charge in [-0.1, -0.05) is 12.1 Å². The fourth-order valence-corrected chi connectivity index (χ4v) is 1.85. The molecule has 1 saturated heterocycles. The van der Waals surface area contributed by atoms with E-state index in [9.17, 15) is 4.79 Å². The van der Waals surface area contributed by atoms with Crippen LogP contribution in [0.15, 0.2) is 24.3 Å². The van der Waals surface area contributed by atoms with Crippen molar-refractivity contribution in [2.24, 2.45) is 0 Å². The van der Waals surface area contributed by atoms with E-state index in [1.54, 1.807) is 18.2 Å². The third-order valence-electron chi connectivity index (χ3n) is 2.64. The number of carboxylic acids is 1. The fourth-order valence-electron chi connectivity index (χ4n) is 1.85. The number of benzene rings is 1. The highest BCUT2D eigenvalue weighted by atomic mass is 16.5. The van der Waals surface area contributed by atoms with Crippen LogP contribution in [0.2, 0.25) is 0 Å². The number of nitrogens with one attached hydrogen (secondary N) is 1. The fraction of sp³-hybridized carbons (Fsp3) is 0.417. The van der Waals surface area contributed by atoms with Crippen molar-refractivity contribution in [2.75, 3.05) is 19.7 Å². The highest BCUT2D eigenvalue weighted by Crippen LogP contribution is 2.10. The van der Waals surface area contributed by atoms with E-state index in [1.807, 2.05) is 6.07 Å². The van der Waals surface area contributed by atoms with E-state index in [1.165, 1.54) is 0 Å². The van der Waals surface area contributed by atoms with Gasteiger partial charge in [0.15, 0.2) is 0 Å². The van der Waals surface area contributed by atoms with Gasteiger partial charge in [0.05, 0.1) is 18.3 Å². The quantitative estimate of drug-likeness (QED) is 0.796. The van der Waals surface area contributed by atoms with Crippen LogP contribution in [0.3, 0.4) is 0 Å². The molecular formula is C12H15NO3. The van der Waals surface area contributed by atoms with Gasteiger partial charge in [-0.25, -0.2) is 4.79 Å². The van der Waals surface area contributed by atoms with Crippen molar-refractivity contribution in [3.05, 3.63) is 35.4 Å². The molecule has 1 unspecified atom stereocenters. The SMILES string of the molecule is O=C(O)c1cccc(CC2CNCCO2)c1. The number of hydrogen-bond donors (Lipinski definition) is 2. The van der Waals surface area contributed by atoms with E-state index in [0.29, 0.717) is 5.56 Å². The molecule has 0 bridgehead atoms. The van der Waals surface area contributed by atoms with Crippen molar-refractivity contribution in [3.63, 3.8) is 0 Å². The van der Waals surface area contributed by atoms with Crippen LogP contribution in [0.5, 0.6) is 0 Å². The molecular weight excluding hydrogens is 206 g/mol. The molecule has 2 rings (SSSR count). The zero-order valence-electron chi connectivity index (χ0n) is 8.98. The molecule has 0 aromatic heterocycles. The van der Waals surface area contributed by atoms with Crippen LogP contribution >= 0.6 is 0 Å². The first-order valence-electron chi connectivity index (χ1n) is 5.40. The Morgan fingerprint density at radius 3 is 3.12 bits per heavy atom. The summed E-state index contributed by atoms with van der Waals surface area (Å²) in [6, 6.07) is 7.02. The predicted molar refractivity (Wildman–Crippen MR) is 59.7 cm³/mol. The Kier molecular flexibility index (Phi) is 3.54. The number of rotatable bonds is 3. The molecule has 0 spiro atoms. The first-order chi connectivity index (χ1) is 7.75. The van der Waals surface area contributed by atoms with E-state index in [0.717, 1.165) is 31.7 Å². The Morgan fingerprint density at radius 2 is 2.44 bits per heavy atom. The Bertz CT molecular complexity index is 372. The molecule has 1 aromatic carbocycles. The van der Waals surface area contributed by atoms with Crippen molar-refractivity contribution in [1.82, 2.24) is 5.32 Å².